The lowest BCUT2D eigenvalue weighted by molar-refractivity contribution is 0.330. The van der Waals surface area contributed by atoms with Crippen LogP contribution in [0.5, 0.6) is 0 Å². The lowest BCUT2D eigenvalue weighted by atomic mass is 10.1. The van der Waals surface area contributed by atoms with Crippen molar-refractivity contribution in [2.75, 3.05) is 0 Å². The molecule has 152 valence electrons. The lowest BCUT2D eigenvalue weighted by Crippen LogP contribution is -2.16. The van der Waals surface area contributed by atoms with Gasteiger partial charge in [0, 0.05) is 23.5 Å². The molecule has 0 radical (unpaired) electrons. The molecule has 2 N–H and O–H groups in total. The Balaban J connectivity index is 1.61. The van der Waals surface area contributed by atoms with Crippen LogP contribution < -0.4 is 5.32 Å². The smallest absolute Gasteiger partial charge is 0.129 e. The number of imidazole rings is 1. The van der Waals surface area contributed by atoms with Gasteiger partial charge in [-0.15, -0.1) is 0 Å². The average molecular weight is 403 g/mol. The quantitative estimate of drug-likeness (QED) is 0.572. The molecule has 2 aliphatic rings. The van der Waals surface area contributed by atoms with Gasteiger partial charge in [0.05, 0.1) is 41.1 Å². The maximum atomic E-state index is 14.1. The van der Waals surface area contributed by atoms with Crippen molar-refractivity contribution in [2.45, 2.75) is 50.9 Å². The van der Waals surface area contributed by atoms with Crippen molar-refractivity contribution in [2.24, 2.45) is 11.0 Å². The van der Waals surface area contributed by atoms with E-state index in [1.54, 1.807) is 18.5 Å². The third-order valence-corrected chi connectivity index (χ3v) is 6.06. The zero-order valence-corrected chi connectivity index (χ0v) is 16.5. The van der Waals surface area contributed by atoms with Gasteiger partial charge in [-0.3, -0.25) is 4.98 Å². The Morgan fingerprint density at radius 3 is 2.90 bits per heavy atom. The molecular weight excluding hydrogens is 381 g/mol. The molecule has 2 saturated carbocycles. The minimum absolute atomic E-state index is 0.0193. The van der Waals surface area contributed by atoms with E-state index in [1.165, 1.54) is 0 Å². The summed E-state index contributed by atoms with van der Waals surface area (Å²) >= 11 is 0. The normalized spacial score (nSPS) is 21.8. The zero-order valence-electron chi connectivity index (χ0n) is 16.5. The van der Waals surface area contributed by atoms with Crippen LogP contribution in [0, 0.1) is 22.8 Å². The number of benzene rings is 1. The highest BCUT2D eigenvalue weighted by Crippen LogP contribution is 2.38. The molecule has 2 atom stereocenters. The first-order valence-corrected chi connectivity index (χ1v) is 10.3. The summed E-state index contributed by atoms with van der Waals surface area (Å²) < 4.78 is 16.2. The molecule has 2 heterocycles. The van der Waals surface area contributed by atoms with E-state index in [9.17, 15) is 9.65 Å². The van der Waals surface area contributed by atoms with Crippen LogP contribution >= 0.6 is 0 Å². The summed E-state index contributed by atoms with van der Waals surface area (Å²) in [6.07, 6.45) is 6.66. The first-order chi connectivity index (χ1) is 14.7. The summed E-state index contributed by atoms with van der Waals surface area (Å²) in [4.78, 5) is 9.30. The molecule has 2 aliphatic carbocycles. The van der Waals surface area contributed by atoms with Gasteiger partial charge in [0.2, 0.25) is 0 Å². The first kappa shape index (κ1) is 18.7. The molecule has 1 aromatic carbocycles. The number of nitriles is 1. The van der Waals surface area contributed by atoms with Gasteiger partial charge in [-0.1, -0.05) is 0 Å². The number of halogens is 1. The summed E-state index contributed by atoms with van der Waals surface area (Å²) in [6.45, 7) is 0.452. The topological polar surface area (TPSA) is 103 Å². The molecule has 2 aromatic heterocycles. The summed E-state index contributed by atoms with van der Waals surface area (Å²) in [6, 6.07) is 7.65. The second kappa shape index (κ2) is 7.48. The standard InChI is InChI=1S/C22H22FN7/c23-15-4-5-16(8-15)30-21(12-26-10-19(29-25)14-2-3-14)28-20-11-27-18-6-1-13(9-24)7-17(18)22(20)30/h1,6-7,10-11,14-16,25-26H,2-5,8,12H2/b19-10-,29-25?. The van der Waals surface area contributed by atoms with E-state index >= 15 is 0 Å². The molecule has 30 heavy (non-hydrogen) atoms. The highest BCUT2D eigenvalue weighted by Gasteiger charge is 2.30. The van der Waals surface area contributed by atoms with Gasteiger partial charge >= 0.3 is 0 Å². The summed E-state index contributed by atoms with van der Waals surface area (Å²) in [5.74, 6) is 1.19. The van der Waals surface area contributed by atoms with E-state index < -0.39 is 6.17 Å². The minimum atomic E-state index is -0.806. The van der Waals surface area contributed by atoms with Crippen molar-refractivity contribution in [3.05, 3.63) is 47.7 Å². The Labute approximate surface area is 173 Å². The van der Waals surface area contributed by atoms with Crippen LogP contribution in [-0.2, 0) is 6.54 Å². The molecular formula is C22H22FN7. The first-order valence-electron chi connectivity index (χ1n) is 10.3. The molecule has 8 heteroatoms. The van der Waals surface area contributed by atoms with Gasteiger partial charge in [-0.25, -0.2) is 14.9 Å². The largest absolute Gasteiger partial charge is 0.382 e. The van der Waals surface area contributed by atoms with Gasteiger partial charge in [-0.05, 0) is 50.3 Å². The average Bonchev–Trinajstić information content (AvgIpc) is 3.41. The molecule has 0 bridgehead atoms. The number of alkyl halides is 1. The predicted octanol–water partition coefficient (Wildman–Crippen LogP) is 4.89. The molecule has 0 aliphatic heterocycles. The van der Waals surface area contributed by atoms with Crippen LogP contribution in [0.1, 0.15) is 49.5 Å². The van der Waals surface area contributed by atoms with Crippen LogP contribution in [0.4, 0.5) is 4.39 Å². The number of nitrogens with zero attached hydrogens (tertiary/aromatic N) is 5. The van der Waals surface area contributed by atoms with Crippen molar-refractivity contribution in [1.82, 2.24) is 19.9 Å². The maximum absolute atomic E-state index is 14.1. The van der Waals surface area contributed by atoms with Crippen LogP contribution in [0.2, 0.25) is 0 Å². The summed E-state index contributed by atoms with van der Waals surface area (Å²) in [5.41, 5.74) is 11.1. The van der Waals surface area contributed by atoms with Crippen molar-refractivity contribution >= 4 is 21.9 Å². The van der Waals surface area contributed by atoms with Crippen molar-refractivity contribution in [3.63, 3.8) is 0 Å². The molecule has 0 saturated heterocycles. The number of aromatic nitrogens is 3. The summed E-state index contributed by atoms with van der Waals surface area (Å²) in [5, 5.41) is 17.1. The third kappa shape index (κ3) is 3.30. The van der Waals surface area contributed by atoms with Crippen LogP contribution in [-0.4, -0.2) is 20.7 Å². The number of hydrogen-bond donors (Lipinski definition) is 2. The SMILES string of the molecule is N#Cc1ccc2ncc3nc(CN/C=C(\N=N)C4CC4)n(C4CCC(F)C4)c3c2c1. The number of allylic oxidation sites excluding steroid dienone is 1. The van der Waals surface area contributed by atoms with E-state index in [0.29, 0.717) is 30.9 Å². The molecule has 0 spiro atoms. The molecule has 3 aromatic rings. The van der Waals surface area contributed by atoms with Crippen molar-refractivity contribution < 1.29 is 4.39 Å². The number of hydrogen-bond acceptors (Lipinski definition) is 6. The minimum Gasteiger partial charge on any atom is -0.382 e. The number of pyridine rings is 1. The number of nitrogens with one attached hydrogen (secondary N) is 2. The second-order valence-electron chi connectivity index (χ2n) is 8.13. The van der Waals surface area contributed by atoms with Crippen molar-refractivity contribution in [1.29, 1.82) is 10.8 Å². The van der Waals surface area contributed by atoms with E-state index in [0.717, 1.165) is 52.7 Å². The fraction of sp³-hybridized carbons (Fsp3) is 0.409. The third-order valence-electron chi connectivity index (χ3n) is 6.06. The Hall–Kier alpha value is -3.34. The second-order valence-corrected chi connectivity index (χ2v) is 8.13. The molecule has 7 nitrogen and oxygen atoms in total. The van der Waals surface area contributed by atoms with E-state index in [4.69, 9.17) is 10.5 Å². The van der Waals surface area contributed by atoms with Crippen LogP contribution in [0.15, 0.2) is 41.4 Å². The maximum Gasteiger partial charge on any atom is 0.129 e. The predicted molar refractivity (Wildman–Crippen MR) is 110 cm³/mol. The fourth-order valence-corrected chi connectivity index (χ4v) is 4.42. The van der Waals surface area contributed by atoms with Gasteiger partial charge < -0.3 is 9.88 Å². The van der Waals surface area contributed by atoms with Crippen molar-refractivity contribution in [3.8, 4) is 6.07 Å². The Bertz CT molecular complexity index is 1200. The van der Waals surface area contributed by atoms with E-state index in [-0.39, 0.29) is 6.04 Å². The summed E-state index contributed by atoms with van der Waals surface area (Å²) in [7, 11) is 0. The Kier molecular flexibility index (Phi) is 4.66. The molecule has 0 amide bonds. The molecule has 2 unspecified atom stereocenters. The van der Waals surface area contributed by atoms with Gasteiger partial charge in [0.15, 0.2) is 0 Å². The van der Waals surface area contributed by atoms with Gasteiger partial charge in [0.1, 0.15) is 17.5 Å². The highest BCUT2D eigenvalue weighted by atomic mass is 19.1. The Morgan fingerprint density at radius 2 is 2.20 bits per heavy atom. The highest BCUT2D eigenvalue weighted by molar-refractivity contribution is 6.02. The van der Waals surface area contributed by atoms with E-state index in [2.05, 4.69) is 26.1 Å². The zero-order chi connectivity index (χ0) is 20.7. The monoisotopic (exact) mass is 403 g/mol. The number of rotatable bonds is 6. The van der Waals surface area contributed by atoms with E-state index in [1.807, 2.05) is 12.1 Å². The van der Waals surface area contributed by atoms with Crippen LogP contribution in [0.25, 0.3) is 21.9 Å². The lowest BCUT2D eigenvalue weighted by Gasteiger charge is -2.17. The number of fused-ring (bicyclic) bond motifs is 3. The molecule has 2 fully saturated rings. The Morgan fingerprint density at radius 1 is 1.33 bits per heavy atom. The fourth-order valence-electron chi connectivity index (χ4n) is 4.42. The molecule has 5 rings (SSSR count). The van der Waals surface area contributed by atoms with Gasteiger partial charge in [0.25, 0.3) is 0 Å². The van der Waals surface area contributed by atoms with Gasteiger partial charge in [-0.2, -0.15) is 10.4 Å². The van der Waals surface area contributed by atoms with Crippen LogP contribution in [0.3, 0.4) is 0 Å².